The molecule has 0 aromatic heterocycles. The van der Waals surface area contributed by atoms with Crippen molar-refractivity contribution in [1.29, 1.82) is 0 Å². The number of rotatable bonds is 4. The van der Waals surface area contributed by atoms with Gasteiger partial charge in [-0.25, -0.2) is 0 Å². The lowest BCUT2D eigenvalue weighted by atomic mass is 9.71. The lowest BCUT2D eigenvalue weighted by Crippen LogP contribution is -2.47. The number of carbonyl (C=O) groups is 2. The van der Waals surface area contributed by atoms with Crippen LogP contribution in [-0.2, 0) is 14.3 Å². The lowest BCUT2D eigenvalue weighted by Gasteiger charge is -2.37. The Morgan fingerprint density at radius 1 is 1.26 bits per heavy atom. The molecule has 1 saturated heterocycles. The minimum atomic E-state index is 0.00993. The monoisotopic (exact) mass is 320 g/mol. The number of ether oxygens (including phenoxy) is 1. The topological polar surface area (TPSA) is 49.9 Å². The lowest BCUT2D eigenvalue weighted by molar-refractivity contribution is -0.130. The van der Waals surface area contributed by atoms with E-state index in [9.17, 15) is 9.59 Å². The fourth-order valence-electron chi connectivity index (χ4n) is 3.62. The highest BCUT2D eigenvalue weighted by molar-refractivity contribution is 5.88. The standard InChI is InChI=1S/C18H28N2O3/c1-14-11-15(23-4)12-18(2,3)16(14)5-6-17(22)20-9-7-19(13-21)8-10-20/h5-6,13,15H,7-12H2,1-4H3/b6-5+. The molecule has 2 rings (SSSR count). The van der Waals surface area contributed by atoms with E-state index >= 15 is 0 Å². The molecule has 0 aromatic rings. The third kappa shape index (κ3) is 4.22. The molecule has 23 heavy (non-hydrogen) atoms. The highest BCUT2D eigenvalue weighted by atomic mass is 16.5. The summed E-state index contributed by atoms with van der Waals surface area (Å²) in [6, 6.07) is 0. The molecule has 1 fully saturated rings. The number of methoxy groups -OCH3 is 1. The third-order valence-electron chi connectivity index (χ3n) is 4.96. The molecule has 0 spiro atoms. The average molecular weight is 320 g/mol. The molecule has 2 aliphatic rings. The number of hydrogen-bond donors (Lipinski definition) is 0. The van der Waals surface area contributed by atoms with Gasteiger partial charge in [0.15, 0.2) is 0 Å². The summed E-state index contributed by atoms with van der Waals surface area (Å²) in [5.74, 6) is 0.0283. The fourth-order valence-corrected chi connectivity index (χ4v) is 3.62. The Hall–Kier alpha value is -1.62. The molecule has 2 amide bonds. The second kappa shape index (κ2) is 7.30. The molecule has 1 aliphatic carbocycles. The predicted octanol–water partition coefficient (Wildman–Crippen LogP) is 1.99. The van der Waals surface area contributed by atoms with Crippen LogP contribution in [0, 0.1) is 5.41 Å². The minimum absolute atomic E-state index is 0.00993. The summed E-state index contributed by atoms with van der Waals surface area (Å²) in [4.78, 5) is 26.6. The van der Waals surface area contributed by atoms with Gasteiger partial charge in [0.2, 0.25) is 12.3 Å². The quantitative estimate of drug-likeness (QED) is 0.588. The SMILES string of the molecule is COC1CC(C)=C(/C=C/C(=O)N2CCN(C=O)CC2)C(C)(C)C1. The van der Waals surface area contributed by atoms with Crippen LogP contribution in [0.25, 0.3) is 0 Å². The van der Waals surface area contributed by atoms with E-state index in [1.54, 1.807) is 23.0 Å². The molecule has 1 aliphatic heterocycles. The Morgan fingerprint density at radius 2 is 1.91 bits per heavy atom. The zero-order chi connectivity index (χ0) is 17.0. The summed E-state index contributed by atoms with van der Waals surface area (Å²) in [6.07, 6.45) is 6.66. The van der Waals surface area contributed by atoms with Gasteiger partial charge in [0, 0.05) is 39.4 Å². The van der Waals surface area contributed by atoms with Crippen LogP contribution in [0.5, 0.6) is 0 Å². The summed E-state index contributed by atoms with van der Waals surface area (Å²) in [5, 5.41) is 0. The van der Waals surface area contributed by atoms with Crippen molar-refractivity contribution in [3.8, 4) is 0 Å². The predicted molar refractivity (Wildman–Crippen MR) is 89.9 cm³/mol. The van der Waals surface area contributed by atoms with E-state index in [1.165, 1.54) is 11.1 Å². The molecule has 5 heteroatoms. The van der Waals surface area contributed by atoms with Crippen molar-refractivity contribution in [2.24, 2.45) is 5.41 Å². The van der Waals surface area contributed by atoms with Crippen molar-refractivity contribution in [2.75, 3.05) is 33.3 Å². The first-order valence-electron chi connectivity index (χ1n) is 8.26. The molecule has 5 nitrogen and oxygen atoms in total. The van der Waals surface area contributed by atoms with Crippen LogP contribution in [0.2, 0.25) is 0 Å². The van der Waals surface area contributed by atoms with E-state index in [0.717, 1.165) is 19.3 Å². The van der Waals surface area contributed by atoms with Crippen LogP contribution >= 0.6 is 0 Å². The second-order valence-electron chi connectivity index (χ2n) is 7.14. The first-order valence-corrected chi connectivity index (χ1v) is 8.26. The molecule has 0 bridgehead atoms. The largest absolute Gasteiger partial charge is 0.381 e. The van der Waals surface area contributed by atoms with Crippen molar-refractivity contribution in [3.05, 3.63) is 23.3 Å². The van der Waals surface area contributed by atoms with Gasteiger partial charge >= 0.3 is 0 Å². The summed E-state index contributed by atoms with van der Waals surface area (Å²) in [5.41, 5.74) is 2.55. The first kappa shape index (κ1) is 17.7. The maximum absolute atomic E-state index is 12.4. The molecule has 0 saturated carbocycles. The van der Waals surface area contributed by atoms with E-state index < -0.39 is 0 Å². The zero-order valence-electron chi connectivity index (χ0n) is 14.7. The van der Waals surface area contributed by atoms with Crippen molar-refractivity contribution in [1.82, 2.24) is 9.80 Å². The molecular formula is C18H28N2O3. The Morgan fingerprint density at radius 3 is 2.43 bits per heavy atom. The van der Waals surface area contributed by atoms with E-state index in [2.05, 4.69) is 20.8 Å². The van der Waals surface area contributed by atoms with Crippen LogP contribution in [0.4, 0.5) is 0 Å². The van der Waals surface area contributed by atoms with Gasteiger partial charge in [0.25, 0.3) is 0 Å². The Bertz CT molecular complexity index is 514. The minimum Gasteiger partial charge on any atom is -0.381 e. The maximum atomic E-state index is 12.4. The summed E-state index contributed by atoms with van der Waals surface area (Å²) < 4.78 is 5.52. The number of allylic oxidation sites excluding steroid dienone is 2. The molecule has 1 atom stereocenters. The third-order valence-corrected chi connectivity index (χ3v) is 4.96. The van der Waals surface area contributed by atoms with E-state index in [1.807, 2.05) is 6.08 Å². The number of hydrogen-bond acceptors (Lipinski definition) is 3. The zero-order valence-corrected chi connectivity index (χ0v) is 14.7. The van der Waals surface area contributed by atoms with Gasteiger partial charge < -0.3 is 14.5 Å². The number of carbonyl (C=O) groups excluding carboxylic acids is 2. The van der Waals surface area contributed by atoms with Gasteiger partial charge in [-0.2, -0.15) is 0 Å². The summed E-state index contributed by atoms with van der Waals surface area (Å²) >= 11 is 0. The van der Waals surface area contributed by atoms with E-state index in [0.29, 0.717) is 26.2 Å². The van der Waals surface area contributed by atoms with Crippen LogP contribution in [0.3, 0.4) is 0 Å². The van der Waals surface area contributed by atoms with E-state index in [-0.39, 0.29) is 17.4 Å². The van der Waals surface area contributed by atoms with Gasteiger partial charge in [-0.15, -0.1) is 0 Å². The fraction of sp³-hybridized carbons (Fsp3) is 0.667. The van der Waals surface area contributed by atoms with Crippen molar-refractivity contribution in [3.63, 3.8) is 0 Å². The number of nitrogens with zero attached hydrogens (tertiary/aromatic N) is 2. The number of piperazine rings is 1. The molecule has 0 radical (unpaired) electrons. The van der Waals surface area contributed by atoms with Gasteiger partial charge in [0.1, 0.15) is 0 Å². The van der Waals surface area contributed by atoms with Crippen molar-refractivity contribution < 1.29 is 14.3 Å². The van der Waals surface area contributed by atoms with Gasteiger partial charge in [-0.05, 0) is 30.8 Å². The average Bonchev–Trinajstić information content (AvgIpc) is 2.53. The number of amides is 2. The van der Waals surface area contributed by atoms with Crippen LogP contribution in [0.1, 0.15) is 33.6 Å². The normalized spacial score (nSPS) is 25.1. The smallest absolute Gasteiger partial charge is 0.246 e. The summed E-state index contributed by atoms with van der Waals surface area (Å²) in [6.45, 7) is 8.98. The van der Waals surface area contributed by atoms with Crippen molar-refractivity contribution >= 4 is 12.3 Å². The Labute approximate surface area is 139 Å². The van der Waals surface area contributed by atoms with Crippen LogP contribution in [0.15, 0.2) is 23.3 Å². The second-order valence-corrected chi connectivity index (χ2v) is 7.14. The highest BCUT2D eigenvalue weighted by Crippen LogP contribution is 2.41. The van der Waals surface area contributed by atoms with Crippen LogP contribution in [-0.4, -0.2) is 61.5 Å². The Balaban J connectivity index is 2.04. The molecule has 1 unspecified atom stereocenters. The first-order chi connectivity index (χ1) is 10.9. The molecule has 128 valence electrons. The molecule has 0 aromatic carbocycles. The highest BCUT2D eigenvalue weighted by Gasteiger charge is 2.32. The van der Waals surface area contributed by atoms with Gasteiger partial charge in [0.05, 0.1) is 6.10 Å². The van der Waals surface area contributed by atoms with Crippen LogP contribution < -0.4 is 0 Å². The van der Waals surface area contributed by atoms with Gasteiger partial charge in [-0.1, -0.05) is 25.5 Å². The Kier molecular flexibility index (Phi) is 5.63. The van der Waals surface area contributed by atoms with E-state index in [4.69, 9.17) is 4.74 Å². The summed E-state index contributed by atoms with van der Waals surface area (Å²) in [7, 11) is 1.76. The van der Waals surface area contributed by atoms with Crippen molar-refractivity contribution in [2.45, 2.75) is 39.7 Å². The molecular weight excluding hydrogens is 292 g/mol. The molecule has 0 N–H and O–H groups in total. The van der Waals surface area contributed by atoms with Gasteiger partial charge in [-0.3, -0.25) is 9.59 Å². The maximum Gasteiger partial charge on any atom is 0.246 e. The molecule has 1 heterocycles.